The fourth-order valence-electron chi connectivity index (χ4n) is 2.25. The average molecular weight is 470 g/mol. The Bertz CT molecular complexity index is 997. The van der Waals surface area contributed by atoms with Gasteiger partial charge < -0.3 is 5.32 Å². The van der Waals surface area contributed by atoms with Gasteiger partial charge in [0, 0.05) is 9.50 Å². The number of nitrogens with one attached hydrogen (secondary N) is 1. The zero-order valence-corrected chi connectivity index (χ0v) is 17.6. The van der Waals surface area contributed by atoms with Crippen LogP contribution in [0, 0.1) is 12.7 Å². The summed E-state index contributed by atoms with van der Waals surface area (Å²) in [5.41, 5.74) is 1.89. The Hall–Kier alpha value is -1.90. The maximum absolute atomic E-state index is 13.9. The summed E-state index contributed by atoms with van der Waals surface area (Å²) in [7, 11) is 0. The number of amides is 1. The normalized spacial score (nSPS) is 12.0. The van der Waals surface area contributed by atoms with Gasteiger partial charge in [-0.05, 0) is 49.7 Å². The predicted octanol–water partition coefficient (Wildman–Crippen LogP) is 5.25. The van der Waals surface area contributed by atoms with Gasteiger partial charge in [-0.3, -0.25) is 9.36 Å². The van der Waals surface area contributed by atoms with Crippen LogP contribution in [0.2, 0.25) is 5.02 Å². The molecule has 0 bridgehead atoms. The monoisotopic (exact) mass is 468 g/mol. The molecular weight excluding hydrogens is 455 g/mol. The molecule has 2 aromatic carbocycles. The van der Waals surface area contributed by atoms with Crippen LogP contribution in [0.4, 0.5) is 10.1 Å². The van der Waals surface area contributed by atoms with E-state index in [0.29, 0.717) is 14.7 Å². The van der Waals surface area contributed by atoms with Gasteiger partial charge in [0.25, 0.3) is 0 Å². The lowest BCUT2D eigenvalue weighted by atomic mass is 10.2. The maximum Gasteiger partial charge on any atom is 0.237 e. The minimum atomic E-state index is -0.517. The van der Waals surface area contributed by atoms with Gasteiger partial charge in [-0.25, -0.2) is 4.39 Å². The topological polar surface area (TPSA) is 59.8 Å². The molecule has 0 aliphatic carbocycles. The fourth-order valence-corrected chi connectivity index (χ4v) is 3.60. The molecule has 27 heavy (non-hydrogen) atoms. The van der Waals surface area contributed by atoms with Crippen molar-refractivity contribution < 1.29 is 9.18 Å². The molecule has 0 spiro atoms. The van der Waals surface area contributed by atoms with Gasteiger partial charge in [-0.2, -0.15) is 0 Å². The van der Waals surface area contributed by atoms with E-state index in [2.05, 4.69) is 31.4 Å². The van der Waals surface area contributed by atoms with Crippen molar-refractivity contribution in [3.8, 4) is 5.69 Å². The Kier molecular flexibility index (Phi) is 6.18. The summed E-state index contributed by atoms with van der Waals surface area (Å²) in [6.07, 6.45) is 1.56. The summed E-state index contributed by atoms with van der Waals surface area (Å²) in [6.45, 7) is 3.64. The van der Waals surface area contributed by atoms with E-state index < -0.39 is 11.1 Å². The van der Waals surface area contributed by atoms with E-state index >= 15 is 0 Å². The Morgan fingerprint density at radius 1 is 1.33 bits per heavy atom. The Morgan fingerprint density at radius 3 is 2.81 bits per heavy atom. The molecule has 1 unspecified atom stereocenters. The van der Waals surface area contributed by atoms with Crippen molar-refractivity contribution in [1.82, 2.24) is 14.8 Å². The van der Waals surface area contributed by atoms with E-state index in [-0.39, 0.29) is 11.6 Å². The smallest absolute Gasteiger partial charge is 0.237 e. The molecule has 140 valence electrons. The largest absolute Gasteiger partial charge is 0.323 e. The summed E-state index contributed by atoms with van der Waals surface area (Å²) in [4.78, 5) is 12.4. The molecule has 3 rings (SSSR count). The molecular formula is C18H15BrClFN4OS. The highest BCUT2D eigenvalue weighted by molar-refractivity contribution is 9.10. The molecule has 1 heterocycles. The lowest BCUT2D eigenvalue weighted by Crippen LogP contribution is -2.23. The van der Waals surface area contributed by atoms with Crippen LogP contribution < -0.4 is 5.32 Å². The first-order valence-electron chi connectivity index (χ1n) is 7.94. The summed E-state index contributed by atoms with van der Waals surface area (Å²) in [5, 5.41) is 11.2. The molecule has 0 radical (unpaired) electrons. The molecule has 0 saturated heterocycles. The number of rotatable bonds is 5. The summed E-state index contributed by atoms with van der Waals surface area (Å²) in [6, 6.07) is 10.1. The number of thioether (sulfide) groups is 1. The van der Waals surface area contributed by atoms with Crippen molar-refractivity contribution in [2.24, 2.45) is 0 Å². The number of aryl methyl sites for hydroxylation is 1. The van der Waals surface area contributed by atoms with Crippen LogP contribution in [0.15, 0.2) is 52.4 Å². The number of benzene rings is 2. The molecule has 1 amide bonds. The molecule has 9 heteroatoms. The summed E-state index contributed by atoms with van der Waals surface area (Å²) in [5.74, 6) is -0.842. The molecule has 1 aromatic heterocycles. The van der Waals surface area contributed by atoms with Gasteiger partial charge in [-0.15, -0.1) is 10.2 Å². The Labute approximate surface area is 173 Å². The van der Waals surface area contributed by atoms with Crippen molar-refractivity contribution >= 4 is 50.9 Å². The zero-order chi connectivity index (χ0) is 19.6. The third kappa shape index (κ3) is 4.69. The lowest BCUT2D eigenvalue weighted by Gasteiger charge is -2.13. The van der Waals surface area contributed by atoms with Crippen LogP contribution in [0.25, 0.3) is 5.69 Å². The van der Waals surface area contributed by atoms with E-state index in [1.54, 1.807) is 23.9 Å². The van der Waals surface area contributed by atoms with Crippen molar-refractivity contribution in [2.75, 3.05) is 5.32 Å². The number of aromatic nitrogens is 3. The Morgan fingerprint density at radius 2 is 2.11 bits per heavy atom. The van der Waals surface area contributed by atoms with Crippen LogP contribution in [0.5, 0.6) is 0 Å². The van der Waals surface area contributed by atoms with Crippen LogP contribution in [0.3, 0.4) is 0 Å². The first-order chi connectivity index (χ1) is 12.8. The van der Waals surface area contributed by atoms with E-state index in [0.717, 1.165) is 11.3 Å². The molecule has 0 aliphatic heterocycles. The standard InChI is InChI=1S/C18H15BrClFN4OS/c1-10-3-5-13(8-14(10)20)25-9-22-24-18(25)27-11(2)17(26)23-16-6-4-12(19)7-15(16)21/h3-9,11H,1-2H3,(H,23,26). The van der Waals surface area contributed by atoms with Crippen LogP contribution in [-0.4, -0.2) is 25.9 Å². The van der Waals surface area contributed by atoms with Crippen molar-refractivity contribution in [1.29, 1.82) is 0 Å². The minimum Gasteiger partial charge on any atom is -0.323 e. The molecule has 1 atom stereocenters. The maximum atomic E-state index is 13.9. The number of hydrogen-bond acceptors (Lipinski definition) is 4. The van der Waals surface area contributed by atoms with Gasteiger partial charge in [-0.1, -0.05) is 45.4 Å². The molecule has 1 N–H and O–H groups in total. The zero-order valence-electron chi connectivity index (χ0n) is 14.4. The second-order valence-electron chi connectivity index (χ2n) is 5.79. The SMILES string of the molecule is Cc1ccc(-n2cnnc2SC(C)C(=O)Nc2ccc(Br)cc2F)cc1Cl. The molecule has 5 nitrogen and oxygen atoms in total. The van der Waals surface area contributed by atoms with Crippen LogP contribution in [-0.2, 0) is 4.79 Å². The van der Waals surface area contributed by atoms with Gasteiger partial charge >= 0.3 is 0 Å². The van der Waals surface area contributed by atoms with Gasteiger partial charge in [0.15, 0.2) is 5.16 Å². The van der Waals surface area contributed by atoms with E-state index in [1.165, 1.54) is 23.9 Å². The third-order valence-corrected chi connectivity index (χ3v) is 5.75. The van der Waals surface area contributed by atoms with E-state index in [9.17, 15) is 9.18 Å². The number of hydrogen-bond donors (Lipinski definition) is 1. The number of carbonyl (C=O) groups is 1. The second-order valence-corrected chi connectivity index (χ2v) is 8.42. The predicted molar refractivity (Wildman–Crippen MR) is 109 cm³/mol. The van der Waals surface area contributed by atoms with Gasteiger partial charge in [0.05, 0.1) is 16.6 Å². The highest BCUT2D eigenvalue weighted by Crippen LogP contribution is 2.27. The molecule has 0 saturated carbocycles. The van der Waals surface area contributed by atoms with E-state index in [4.69, 9.17) is 11.6 Å². The minimum absolute atomic E-state index is 0.127. The highest BCUT2D eigenvalue weighted by Gasteiger charge is 2.20. The quantitative estimate of drug-likeness (QED) is 0.519. The molecule has 3 aromatic rings. The second kappa shape index (κ2) is 8.41. The summed E-state index contributed by atoms with van der Waals surface area (Å²) < 4.78 is 16.3. The summed E-state index contributed by atoms with van der Waals surface area (Å²) >= 11 is 10.6. The lowest BCUT2D eigenvalue weighted by molar-refractivity contribution is -0.115. The first kappa shape index (κ1) is 19.9. The number of nitrogens with zero attached hydrogens (tertiary/aromatic N) is 3. The van der Waals surface area contributed by atoms with E-state index in [1.807, 2.05) is 25.1 Å². The van der Waals surface area contributed by atoms with Gasteiger partial charge in [0.2, 0.25) is 5.91 Å². The third-order valence-electron chi connectivity index (χ3n) is 3.79. The molecule has 0 aliphatic rings. The van der Waals surface area contributed by atoms with Crippen LogP contribution >= 0.6 is 39.3 Å². The fraction of sp³-hybridized carbons (Fsp3) is 0.167. The van der Waals surface area contributed by atoms with Gasteiger partial charge in [0.1, 0.15) is 12.1 Å². The Balaban J connectivity index is 1.74. The van der Waals surface area contributed by atoms with Crippen molar-refractivity contribution in [3.05, 3.63) is 63.6 Å². The molecule has 0 fully saturated rings. The number of halogens is 3. The van der Waals surface area contributed by atoms with Crippen LogP contribution in [0.1, 0.15) is 12.5 Å². The number of carbonyl (C=O) groups excluding carboxylic acids is 1. The van der Waals surface area contributed by atoms with Crippen molar-refractivity contribution in [3.63, 3.8) is 0 Å². The highest BCUT2D eigenvalue weighted by atomic mass is 79.9. The number of anilines is 1. The first-order valence-corrected chi connectivity index (χ1v) is 9.99. The van der Waals surface area contributed by atoms with Crippen molar-refractivity contribution in [2.45, 2.75) is 24.3 Å². The average Bonchev–Trinajstić information content (AvgIpc) is 3.07.